The summed E-state index contributed by atoms with van der Waals surface area (Å²) in [6.07, 6.45) is 0.462. The lowest BCUT2D eigenvalue weighted by Gasteiger charge is -2.35. The van der Waals surface area contributed by atoms with Crippen LogP contribution < -0.4 is 5.56 Å². The number of amides is 1. The first-order valence-electron chi connectivity index (χ1n) is 8.54. The first-order chi connectivity index (χ1) is 11.3. The van der Waals surface area contributed by atoms with Crippen molar-refractivity contribution < 1.29 is 9.53 Å². The van der Waals surface area contributed by atoms with Crippen LogP contribution in [0.1, 0.15) is 51.8 Å². The van der Waals surface area contributed by atoms with Crippen LogP contribution in [0.5, 0.6) is 0 Å². The van der Waals surface area contributed by atoms with Gasteiger partial charge in [-0.3, -0.25) is 14.2 Å². The van der Waals surface area contributed by atoms with Gasteiger partial charge in [0.25, 0.3) is 5.56 Å². The number of nitrogens with zero attached hydrogens (tertiary/aromatic N) is 3. The van der Waals surface area contributed by atoms with Crippen LogP contribution in [0, 0.1) is 0 Å². The van der Waals surface area contributed by atoms with E-state index in [0.717, 1.165) is 16.6 Å². The lowest BCUT2D eigenvalue weighted by molar-refractivity contribution is -0.143. The molecule has 3 unspecified atom stereocenters. The monoisotopic (exact) mass is 351 g/mol. The number of morpholine rings is 1. The van der Waals surface area contributed by atoms with E-state index in [4.69, 9.17) is 4.74 Å². The largest absolute Gasteiger partial charge is 0.372 e. The van der Waals surface area contributed by atoms with Gasteiger partial charge in [-0.25, -0.2) is 4.98 Å². The van der Waals surface area contributed by atoms with Crippen LogP contribution in [-0.2, 0) is 9.53 Å². The van der Waals surface area contributed by atoms with Gasteiger partial charge in [-0.1, -0.05) is 25.6 Å². The topological polar surface area (TPSA) is 64.4 Å². The van der Waals surface area contributed by atoms with Crippen LogP contribution >= 0.6 is 11.8 Å². The molecule has 3 rings (SSSR count). The third kappa shape index (κ3) is 3.52. The van der Waals surface area contributed by atoms with E-state index < -0.39 is 0 Å². The van der Waals surface area contributed by atoms with E-state index in [1.54, 1.807) is 22.4 Å². The highest BCUT2D eigenvalue weighted by Crippen LogP contribution is 2.33. The zero-order chi connectivity index (χ0) is 17.4. The second-order valence-electron chi connectivity index (χ2n) is 7.05. The van der Waals surface area contributed by atoms with Crippen LogP contribution in [0.3, 0.4) is 0 Å². The van der Waals surface area contributed by atoms with Crippen molar-refractivity contribution in [2.24, 2.45) is 0 Å². The number of fused-ring (bicyclic) bond motifs is 1. The highest BCUT2D eigenvalue weighted by atomic mass is 32.2. The number of hydrogen-bond acceptors (Lipinski definition) is 5. The van der Waals surface area contributed by atoms with Crippen molar-refractivity contribution in [2.75, 3.05) is 18.8 Å². The van der Waals surface area contributed by atoms with E-state index in [9.17, 15) is 9.59 Å². The third-order valence-electron chi connectivity index (χ3n) is 4.48. The van der Waals surface area contributed by atoms with Gasteiger partial charge < -0.3 is 9.64 Å². The van der Waals surface area contributed by atoms with Crippen molar-refractivity contribution in [1.82, 2.24) is 14.5 Å². The van der Waals surface area contributed by atoms with Gasteiger partial charge in [0.05, 0.1) is 23.9 Å². The summed E-state index contributed by atoms with van der Waals surface area (Å²) < 4.78 is 7.38. The Morgan fingerprint density at radius 1 is 1.38 bits per heavy atom. The molecule has 0 aromatic carbocycles. The molecule has 2 aliphatic heterocycles. The third-order valence-corrected chi connectivity index (χ3v) is 5.58. The van der Waals surface area contributed by atoms with Crippen LogP contribution in [0.15, 0.2) is 16.0 Å². The Hall–Kier alpha value is -1.34. The Morgan fingerprint density at radius 3 is 2.67 bits per heavy atom. The predicted octanol–water partition coefficient (Wildman–Crippen LogP) is 2.04. The molecule has 0 radical (unpaired) electrons. The Morgan fingerprint density at radius 2 is 2.04 bits per heavy atom. The average Bonchev–Trinajstić information content (AvgIpc) is 2.89. The summed E-state index contributed by atoms with van der Waals surface area (Å²) in [4.78, 5) is 31.6. The molecule has 1 aromatic rings. The van der Waals surface area contributed by atoms with Crippen LogP contribution in [-0.4, -0.2) is 51.4 Å². The van der Waals surface area contributed by atoms with Crippen molar-refractivity contribution in [1.29, 1.82) is 0 Å². The maximum Gasteiger partial charge on any atom is 0.254 e. The molecule has 0 N–H and O–H groups in total. The van der Waals surface area contributed by atoms with E-state index in [2.05, 4.69) is 4.98 Å². The zero-order valence-electron chi connectivity index (χ0n) is 14.7. The molecule has 3 atom stereocenters. The molecule has 0 spiro atoms. The van der Waals surface area contributed by atoms with Crippen molar-refractivity contribution in [3.05, 3.63) is 22.1 Å². The summed E-state index contributed by atoms with van der Waals surface area (Å²) >= 11 is 1.57. The molecule has 1 saturated heterocycles. The van der Waals surface area contributed by atoms with Crippen molar-refractivity contribution in [2.45, 2.75) is 63.4 Å². The molecule has 1 fully saturated rings. The maximum atomic E-state index is 12.7. The summed E-state index contributed by atoms with van der Waals surface area (Å²) in [5.74, 6) is 1.04. The highest BCUT2D eigenvalue weighted by Gasteiger charge is 2.32. The molecule has 24 heavy (non-hydrogen) atoms. The Labute approximate surface area is 146 Å². The smallest absolute Gasteiger partial charge is 0.254 e. The second-order valence-corrected chi connectivity index (χ2v) is 8.04. The molecule has 1 amide bonds. The van der Waals surface area contributed by atoms with Gasteiger partial charge in [-0.15, -0.1) is 0 Å². The normalized spacial score (nSPS) is 26.7. The first kappa shape index (κ1) is 17.5. The van der Waals surface area contributed by atoms with Crippen molar-refractivity contribution in [3.63, 3.8) is 0 Å². The van der Waals surface area contributed by atoms with Gasteiger partial charge in [-0.05, 0) is 19.8 Å². The van der Waals surface area contributed by atoms with Crippen molar-refractivity contribution >= 4 is 17.7 Å². The molecule has 0 aliphatic carbocycles. The standard InChI is InChI=1S/C17H25N3O3S/c1-10(2)14-6-16(22)20-13(9-24-17(20)18-14)5-15(21)19-7-11(3)23-12(4)8-19/h6,10-13H,5,7-9H2,1-4H3. The fraction of sp³-hybridized carbons (Fsp3) is 0.706. The molecule has 1 aromatic heterocycles. The molecule has 0 bridgehead atoms. The Balaban J connectivity index is 1.75. The SMILES string of the molecule is CC1CN(C(=O)CC2CSc3nc(C(C)C)cc(=O)n32)CC(C)O1. The van der Waals surface area contributed by atoms with Gasteiger partial charge in [0, 0.05) is 31.3 Å². The molecule has 7 heteroatoms. The van der Waals surface area contributed by atoms with Gasteiger partial charge in [0.15, 0.2) is 5.16 Å². The van der Waals surface area contributed by atoms with E-state index in [1.165, 1.54) is 0 Å². The molecule has 6 nitrogen and oxygen atoms in total. The minimum absolute atomic E-state index is 0.0461. The number of hydrogen-bond donors (Lipinski definition) is 0. The zero-order valence-corrected chi connectivity index (χ0v) is 15.5. The minimum atomic E-state index is -0.104. The highest BCUT2D eigenvalue weighted by molar-refractivity contribution is 7.99. The van der Waals surface area contributed by atoms with Crippen molar-refractivity contribution in [3.8, 4) is 0 Å². The number of rotatable bonds is 3. The molecule has 132 valence electrons. The van der Waals surface area contributed by atoms with Crippen LogP contribution in [0.4, 0.5) is 0 Å². The predicted molar refractivity (Wildman–Crippen MR) is 93.6 cm³/mol. The number of carbonyl (C=O) groups is 1. The first-order valence-corrected chi connectivity index (χ1v) is 9.53. The van der Waals surface area contributed by atoms with E-state index in [0.29, 0.717) is 19.5 Å². The minimum Gasteiger partial charge on any atom is -0.372 e. The lowest BCUT2D eigenvalue weighted by atomic mass is 10.1. The number of thioether (sulfide) groups is 1. The molecule has 2 aliphatic rings. The summed E-state index contributed by atoms with van der Waals surface area (Å²) in [5.41, 5.74) is 0.775. The molecule has 3 heterocycles. The Kier molecular flexibility index (Phi) is 5.01. The number of ether oxygens (including phenoxy) is 1. The number of carbonyl (C=O) groups excluding carboxylic acids is 1. The molecule has 0 saturated carbocycles. The van der Waals surface area contributed by atoms with E-state index in [1.807, 2.05) is 32.6 Å². The maximum absolute atomic E-state index is 12.7. The second kappa shape index (κ2) is 6.88. The van der Waals surface area contributed by atoms with Crippen LogP contribution in [0.2, 0.25) is 0 Å². The fourth-order valence-electron chi connectivity index (χ4n) is 3.33. The van der Waals surface area contributed by atoms with Gasteiger partial charge in [-0.2, -0.15) is 0 Å². The quantitative estimate of drug-likeness (QED) is 0.780. The summed E-state index contributed by atoms with van der Waals surface area (Å²) in [7, 11) is 0. The molecular weight excluding hydrogens is 326 g/mol. The van der Waals surface area contributed by atoms with Gasteiger partial charge in [0.2, 0.25) is 5.91 Å². The fourth-order valence-corrected chi connectivity index (χ4v) is 4.48. The average molecular weight is 351 g/mol. The van der Waals surface area contributed by atoms with Crippen LogP contribution in [0.25, 0.3) is 0 Å². The van der Waals surface area contributed by atoms with E-state index >= 15 is 0 Å². The van der Waals surface area contributed by atoms with Gasteiger partial charge >= 0.3 is 0 Å². The molecular formula is C17H25N3O3S. The van der Waals surface area contributed by atoms with E-state index in [-0.39, 0.29) is 35.6 Å². The summed E-state index contributed by atoms with van der Waals surface area (Å²) in [6, 6.07) is 1.50. The summed E-state index contributed by atoms with van der Waals surface area (Å²) in [5, 5.41) is 0.743. The Bertz CT molecular complexity index is 678. The van der Waals surface area contributed by atoms with Gasteiger partial charge in [0.1, 0.15) is 0 Å². The summed E-state index contributed by atoms with van der Waals surface area (Å²) in [6.45, 7) is 9.27. The lowest BCUT2D eigenvalue weighted by Crippen LogP contribution is -2.48. The number of aromatic nitrogens is 2.